The Balaban J connectivity index is 2.57. The largest absolute Gasteiger partial charge is 0.277 e. The van der Waals surface area contributed by atoms with Crippen LogP contribution < -0.4 is 16.5 Å². The number of hydrogen-bond acceptors (Lipinski definition) is 4. The normalized spacial score (nSPS) is 10.4. The van der Waals surface area contributed by atoms with E-state index in [1.54, 1.807) is 0 Å². The second kappa shape index (κ2) is 5.53. The van der Waals surface area contributed by atoms with Crippen molar-refractivity contribution in [3.8, 4) is 0 Å². The predicted molar refractivity (Wildman–Crippen MR) is 53.6 cm³/mol. The standard InChI is InChI=1S/C8H10N4O3/c13-6-10-9-4-1-5-12-8(15)3-2-7(14)11-12/h2-4,6H,1,5H2,(H,10,13)(H,11,14). The van der Waals surface area contributed by atoms with Crippen LogP contribution in [-0.4, -0.2) is 22.4 Å². The zero-order valence-electron chi connectivity index (χ0n) is 7.84. The van der Waals surface area contributed by atoms with Gasteiger partial charge in [-0.15, -0.1) is 0 Å². The molecule has 0 spiro atoms. The minimum Gasteiger partial charge on any atom is -0.277 e. The molecule has 1 aromatic rings. The Morgan fingerprint density at radius 1 is 1.47 bits per heavy atom. The number of carbonyl (C=O) groups excluding carboxylic acids is 1. The van der Waals surface area contributed by atoms with Crippen LogP contribution in [0.4, 0.5) is 0 Å². The number of H-pyrrole nitrogens is 1. The molecule has 0 saturated carbocycles. The van der Waals surface area contributed by atoms with Gasteiger partial charge in [-0.1, -0.05) is 0 Å². The molecule has 1 aromatic heterocycles. The molecule has 0 unspecified atom stereocenters. The van der Waals surface area contributed by atoms with Crippen LogP contribution in [0.2, 0.25) is 0 Å². The van der Waals surface area contributed by atoms with E-state index in [1.807, 2.05) is 0 Å². The third-order valence-electron chi connectivity index (χ3n) is 1.59. The van der Waals surface area contributed by atoms with Crippen molar-refractivity contribution in [3.63, 3.8) is 0 Å². The lowest BCUT2D eigenvalue weighted by Crippen LogP contribution is -2.28. The molecule has 0 bridgehead atoms. The number of nitrogens with one attached hydrogen (secondary N) is 2. The second-order valence-electron chi connectivity index (χ2n) is 2.65. The third-order valence-corrected chi connectivity index (χ3v) is 1.59. The Morgan fingerprint density at radius 2 is 2.27 bits per heavy atom. The number of hydrazone groups is 1. The molecule has 1 heterocycles. The molecule has 7 heteroatoms. The molecule has 0 saturated heterocycles. The molecule has 7 nitrogen and oxygen atoms in total. The van der Waals surface area contributed by atoms with E-state index in [9.17, 15) is 14.4 Å². The fourth-order valence-electron chi connectivity index (χ4n) is 0.963. The van der Waals surface area contributed by atoms with E-state index in [1.165, 1.54) is 23.0 Å². The Bertz CT molecular complexity index is 459. The molecule has 15 heavy (non-hydrogen) atoms. The number of rotatable bonds is 5. The van der Waals surface area contributed by atoms with E-state index in [-0.39, 0.29) is 11.1 Å². The molecule has 0 atom stereocenters. The molecular weight excluding hydrogens is 200 g/mol. The maximum Gasteiger partial charge on any atom is 0.265 e. The molecule has 2 N–H and O–H groups in total. The number of hydrogen-bond donors (Lipinski definition) is 2. The van der Waals surface area contributed by atoms with E-state index in [4.69, 9.17) is 0 Å². The first-order chi connectivity index (χ1) is 7.24. The van der Waals surface area contributed by atoms with Crippen molar-refractivity contribution in [1.82, 2.24) is 15.2 Å². The monoisotopic (exact) mass is 210 g/mol. The predicted octanol–water partition coefficient (Wildman–Crippen LogP) is -1.34. The van der Waals surface area contributed by atoms with Crippen LogP contribution in [0.3, 0.4) is 0 Å². The average Bonchev–Trinajstić information content (AvgIpc) is 2.23. The van der Waals surface area contributed by atoms with E-state index >= 15 is 0 Å². The average molecular weight is 210 g/mol. The highest BCUT2D eigenvalue weighted by atomic mass is 16.2. The summed E-state index contributed by atoms with van der Waals surface area (Å²) in [6, 6.07) is 2.36. The lowest BCUT2D eigenvalue weighted by Gasteiger charge is -2.00. The van der Waals surface area contributed by atoms with E-state index in [0.29, 0.717) is 19.4 Å². The van der Waals surface area contributed by atoms with Gasteiger partial charge in [0.25, 0.3) is 11.1 Å². The minimum absolute atomic E-state index is 0.286. The van der Waals surface area contributed by atoms with Gasteiger partial charge in [0.15, 0.2) is 0 Å². The molecule has 0 aliphatic carbocycles. The Labute approximate surface area is 84.4 Å². The van der Waals surface area contributed by atoms with Crippen LogP contribution in [0.15, 0.2) is 26.8 Å². The Morgan fingerprint density at radius 3 is 3.00 bits per heavy atom. The first kappa shape index (κ1) is 10.9. The number of aromatic amines is 1. The zero-order chi connectivity index (χ0) is 11.1. The van der Waals surface area contributed by atoms with Crippen molar-refractivity contribution < 1.29 is 4.79 Å². The van der Waals surface area contributed by atoms with Gasteiger partial charge in [-0.25, -0.2) is 4.68 Å². The highest BCUT2D eigenvalue weighted by Gasteiger charge is 1.93. The van der Waals surface area contributed by atoms with Crippen LogP contribution >= 0.6 is 0 Å². The van der Waals surface area contributed by atoms with Gasteiger partial charge in [0.2, 0.25) is 6.41 Å². The Hall–Kier alpha value is -2.18. The number of aromatic nitrogens is 2. The summed E-state index contributed by atoms with van der Waals surface area (Å²) in [4.78, 5) is 31.8. The first-order valence-corrected chi connectivity index (χ1v) is 4.25. The smallest absolute Gasteiger partial charge is 0.265 e. The Kier molecular flexibility index (Phi) is 4.02. The summed E-state index contributed by atoms with van der Waals surface area (Å²) >= 11 is 0. The van der Waals surface area contributed by atoms with Crippen LogP contribution in [0.25, 0.3) is 0 Å². The van der Waals surface area contributed by atoms with Gasteiger partial charge >= 0.3 is 0 Å². The van der Waals surface area contributed by atoms with Crippen molar-refractivity contribution in [2.24, 2.45) is 5.10 Å². The third kappa shape index (κ3) is 3.59. The van der Waals surface area contributed by atoms with E-state index in [0.717, 1.165) is 0 Å². The molecule has 1 amide bonds. The van der Waals surface area contributed by atoms with Crippen molar-refractivity contribution in [1.29, 1.82) is 0 Å². The van der Waals surface area contributed by atoms with Crippen LogP contribution in [0.5, 0.6) is 0 Å². The van der Waals surface area contributed by atoms with Crippen molar-refractivity contribution in [2.75, 3.05) is 0 Å². The summed E-state index contributed by atoms with van der Waals surface area (Å²) in [5.74, 6) is 0. The van der Waals surface area contributed by atoms with E-state index < -0.39 is 0 Å². The maximum absolute atomic E-state index is 11.2. The molecule has 0 aliphatic heterocycles. The number of aryl methyl sites for hydroxylation is 1. The summed E-state index contributed by atoms with van der Waals surface area (Å²) in [5, 5.41) is 5.87. The maximum atomic E-state index is 11.2. The summed E-state index contributed by atoms with van der Waals surface area (Å²) in [5.41, 5.74) is 1.47. The quantitative estimate of drug-likeness (QED) is 0.357. The minimum atomic E-state index is -0.336. The van der Waals surface area contributed by atoms with Gasteiger partial charge in [-0.2, -0.15) is 5.10 Å². The molecule has 0 aromatic carbocycles. The number of carbonyl (C=O) groups is 1. The highest BCUT2D eigenvalue weighted by Crippen LogP contribution is 1.78. The molecule has 0 fully saturated rings. The van der Waals surface area contributed by atoms with Gasteiger partial charge in [-0.05, 0) is 0 Å². The van der Waals surface area contributed by atoms with Gasteiger partial charge in [0, 0.05) is 31.3 Å². The van der Waals surface area contributed by atoms with Gasteiger partial charge < -0.3 is 0 Å². The summed E-state index contributed by atoms with van der Waals surface area (Å²) in [6.07, 6.45) is 2.31. The lowest BCUT2D eigenvalue weighted by molar-refractivity contribution is -0.109. The second-order valence-corrected chi connectivity index (χ2v) is 2.65. The van der Waals surface area contributed by atoms with Crippen LogP contribution in [0, 0.1) is 0 Å². The number of amides is 1. The zero-order valence-corrected chi connectivity index (χ0v) is 7.84. The lowest BCUT2D eigenvalue weighted by atomic mass is 10.4. The summed E-state index contributed by atoms with van der Waals surface area (Å²) < 4.78 is 1.18. The molecular formula is C8H10N4O3. The summed E-state index contributed by atoms with van der Waals surface area (Å²) in [6.45, 7) is 0.305. The van der Waals surface area contributed by atoms with Gasteiger partial charge in [-0.3, -0.25) is 24.9 Å². The van der Waals surface area contributed by atoms with Gasteiger partial charge in [0.05, 0.1) is 0 Å². The van der Waals surface area contributed by atoms with Crippen LogP contribution in [0.1, 0.15) is 6.42 Å². The summed E-state index contributed by atoms with van der Waals surface area (Å²) in [7, 11) is 0. The number of nitrogens with zero attached hydrogens (tertiary/aromatic N) is 2. The molecule has 0 radical (unpaired) electrons. The topological polar surface area (TPSA) is 96.3 Å². The van der Waals surface area contributed by atoms with Gasteiger partial charge in [0.1, 0.15) is 0 Å². The van der Waals surface area contributed by atoms with Crippen molar-refractivity contribution in [2.45, 2.75) is 13.0 Å². The molecule has 0 aliphatic rings. The van der Waals surface area contributed by atoms with Crippen molar-refractivity contribution in [3.05, 3.63) is 32.8 Å². The van der Waals surface area contributed by atoms with E-state index in [2.05, 4.69) is 15.6 Å². The fourth-order valence-corrected chi connectivity index (χ4v) is 0.963. The molecule has 1 rings (SSSR count). The first-order valence-electron chi connectivity index (χ1n) is 4.25. The fraction of sp³-hybridized carbons (Fsp3) is 0.250. The van der Waals surface area contributed by atoms with Crippen molar-refractivity contribution >= 4 is 12.6 Å². The highest BCUT2D eigenvalue weighted by molar-refractivity contribution is 5.58. The molecule has 80 valence electrons. The SMILES string of the molecule is O=CNN=CCCn1[nH]c(=O)ccc1=O. The van der Waals surface area contributed by atoms with Crippen LogP contribution in [-0.2, 0) is 11.3 Å².